The zero-order valence-corrected chi connectivity index (χ0v) is 10.8. The van der Waals surface area contributed by atoms with Crippen molar-refractivity contribution in [2.75, 3.05) is 6.54 Å². The van der Waals surface area contributed by atoms with Gasteiger partial charge in [0.1, 0.15) is 0 Å². The highest BCUT2D eigenvalue weighted by atomic mass is 16.2. The monoisotopic (exact) mass is 249 g/mol. The van der Waals surface area contributed by atoms with E-state index < -0.39 is 0 Å². The topological polar surface area (TPSA) is 73.2 Å². The summed E-state index contributed by atoms with van der Waals surface area (Å²) in [6, 6.07) is 2.04. The third-order valence-electron chi connectivity index (χ3n) is 4.14. The standard InChI is InChI=1S/C13H19N3O2/c1-8-3-4-10(6-14)11(5-8)16-7-12(17)15-13(18)9(16)2/h8-11H,3-5,7H2,1-2H3,(H,15,17,18). The number of nitrogens with one attached hydrogen (secondary N) is 1. The maximum absolute atomic E-state index is 11.7. The van der Waals surface area contributed by atoms with Crippen molar-refractivity contribution in [1.29, 1.82) is 5.26 Å². The molecule has 1 saturated carbocycles. The average molecular weight is 249 g/mol. The molecule has 1 saturated heterocycles. The maximum Gasteiger partial charge on any atom is 0.243 e. The maximum atomic E-state index is 11.7. The van der Waals surface area contributed by atoms with E-state index >= 15 is 0 Å². The summed E-state index contributed by atoms with van der Waals surface area (Å²) in [4.78, 5) is 25.1. The molecule has 2 amide bonds. The van der Waals surface area contributed by atoms with Crippen molar-refractivity contribution in [3.8, 4) is 6.07 Å². The fourth-order valence-electron chi connectivity index (χ4n) is 3.01. The lowest BCUT2D eigenvalue weighted by Crippen LogP contribution is -2.61. The zero-order valence-electron chi connectivity index (χ0n) is 10.8. The summed E-state index contributed by atoms with van der Waals surface area (Å²) in [5.74, 6) is -0.0246. The van der Waals surface area contributed by atoms with Crippen LogP contribution in [0.1, 0.15) is 33.1 Å². The summed E-state index contributed by atoms with van der Waals surface area (Å²) in [7, 11) is 0. The quantitative estimate of drug-likeness (QED) is 0.693. The third kappa shape index (κ3) is 2.39. The molecule has 1 aliphatic heterocycles. The van der Waals surface area contributed by atoms with Crippen LogP contribution in [0.25, 0.3) is 0 Å². The van der Waals surface area contributed by atoms with Gasteiger partial charge in [-0.05, 0) is 32.1 Å². The van der Waals surface area contributed by atoms with Crippen molar-refractivity contribution in [1.82, 2.24) is 10.2 Å². The number of carbonyl (C=O) groups is 2. The second-order valence-corrected chi connectivity index (χ2v) is 5.48. The molecule has 2 fully saturated rings. The number of nitrogens with zero attached hydrogens (tertiary/aromatic N) is 2. The van der Waals surface area contributed by atoms with Gasteiger partial charge in [0.25, 0.3) is 0 Å². The van der Waals surface area contributed by atoms with Crippen LogP contribution in [0.15, 0.2) is 0 Å². The zero-order chi connectivity index (χ0) is 13.3. The molecule has 0 aromatic rings. The number of piperazine rings is 1. The molecule has 2 rings (SSSR count). The summed E-state index contributed by atoms with van der Waals surface area (Å²) >= 11 is 0. The molecule has 5 nitrogen and oxygen atoms in total. The van der Waals surface area contributed by atoms with Gasteiger partial charge in [0.2, 0.25) is 11.8 Å². The minimum atomic E-state index is -0.325. The van der Waals surface area contributed by atoms with E-state index in [0.29, 0.717) is 5.92 Å². The molecular weight excluding hydrogens is 230 g/mol. The van der Waals surface area contributed by atoms with Crippen LogP contribution in [0.3, 0.4) is 0 Å². The van der Waals surface area contributed by atoms with Gasteiger partial charge in [-0.1, -0.05) is 6.92 Å². The van der Waals surface area contributed by atoms with Gasteiger partial charge in [0, 0.05) is 6.04 Å². The van der Waals surface area contributed by atoms with Crippen LogP contribution in [0.5, 0.6) is 0 Å². The molecule has 1 aliphatic carbocycles. The number of hydrogen-bond acceptors (Lipinski definition) is 4. The molecule has 4 unspecified atom stereocenters. The molecule has 0 aromatic heterocycles. The highest BCUT2D eigenvalue weighted by Gasteiger charge is 2.40. The van der Waals surface area contributed by atoms with Crippen molar-refractivity contribution in [3.63, 3.8) is 0 Å². The Balaban J connectivity index is 2.19. The average Bonchev–Trinajstić information content (AvgIpc) is 2.33. The fourth-order valence-corrected chi connectivity index (χ4v) is 3.01. The Bertz CT molecular complexity index is 402. The third-order valence-corrected chi connectivity index (χ3v) is 4.14. The first kappa shape index (κ1) is 13.0. The first-order chi connectivity index (χ1) is 8.52. The second-order valence-electron chi connectivity index (χ2n) is 5.48. The van der Waals surface area contributed by atoms with Crippen molar-refractivity contribution >= 4 is 11.8 Å². The first-order valence-corrected chi connectivity index (χ1v) is 6.52. The molecular formula is C13H19N3O2. The van der Waals surface area contributed by atoms with Crippen LogP contribution in [-0.4, -0.2) is 35.3 Å². The Labute approximate surface area is 107 Å². The Morgan fingerprint density at radius 3 is 2.72 bits per heavy atom. The summed E-state index contributed by atoms with van der Waals surface area (Å²) < 4.78 is 0. The first-order valence-electron chi connectivity index (χ1n) is 6.52. The minimum Gasteiger partial charge on any atom is -0.294 e. The summed E-state index contributed by atoms with van der Waals surface area (Å²) in [5, 5.41) is 11.6. The Kier molecular flexibility index (Phi) is 3.67. The van der Waals surface area contributed by atoms with Gasteiger partial charge in [-0.15, -0.1) is 0 Å². The Morgan fingerprint density at radius 1 is 1.33 bits per heavy atom. The van der Waals surface area contributed by atoms with Crippen LogP contribution in [-0.2, 0) is 9.59 Å². The van der Waals surface area contributed by atoms with Crippen LogP contribution < -0.4 is 5.32 Å². The van der Waals surface area contributed by atoms with Gasteiger partial charge in [-0.25, -0.2) is 0 Å². The molecule has 1 N–H and O–H groups in total. The lowest BCUT2D eigenvalue weighted by molar-refractivity contribution is -0.142. The van der Waals surface area contributed by atoms with E-state index in [2.05, 4.69) is 18.3 Å². The lowest BCUT2D eigenvalue weighted by Gasteiger charge is -2.43. The predicted octanol–water partition coefficient (Wildman–Crippen LogP) is 0.662. The van der Waals surface area contributed by atoms with Gasteiger partial charge in [0.15, 0.2) is 0 Å². The molecule has 0 aromatic carbocycles. The second kappa shape index (κ2) is 5.07. The van der Waals surface area contributed by atoms with Crippen LogP contribution in [0, 0.1) is 23.2 Å². The van der Waals surface area contributed by atoms with Crippen LogP contribution in [0.2, 0.25) is 0 Å². The number of hydrogen-bond donors (Lipinski definition) is 1. The summed E-state index contributed by atoms with van der Waals surface area (Å²) in [6.07, 6.45) is 2.81. The number of nitriles is 1. The molecule has 0 bridgehead atoms. The smallest absolute Gasteiger partial charge is 0.243 e. The molecule has 0 radical (unpaired) electrons. The van der Waals surface area contributed by atoms with E-state index in [9.17, 15) is 14.9 Å². The van der Waals surface area contributed by atoms with Crippen LogP contribution >= 0.6 is 0 Å². The lowest BCUT2D eigenvalue weighted by atomic mass is 9.78. The Hall–Kier alpha value is -1.41. The van der Waals surface area contributed by atoms with E-state index in [1.807, 2.05) is 4.90 Å². The number of carbonyl (C=O) groups excluding carboxylic acids is 2. The molecule has 98 valence electrons. The number of imide groups is 1. The number of amides is 2. The largest absolute Gasteiger partial charge is 0.294 e. The molecule has 4 atom stereocenters. The predicted molar refractivity (Wildman–Crippen MR) is 65.2 cm³/mol. The van der Waals surface area contributed by atoms with E-state index in [-0.39, 0.29) is 36.4 Å². The SMILES string of the molecule is CC1CCC(C#N)C(N2CC(=O)NC(=O)C2C)C1. The van der Waals surface area contributed by atoms with Gasteiger partial charge >= 0.3 is 0 Å². The number of rotatable bonds is 1. The van der Waals surface area contributed by atoms with Crippen molar-refractivity contribution in [2.24, 2.45) is 11.8 Å². The normalized spacial score (nSPS) is 38.1. The highest BCUT2D eigenvalue weighted by molar-refractivity contribution is 6.00. The van der Waals surface area contributed by atoms with Crippen molar-refractivity contribution in [2.45, 2.75) is 45.2 Å². The van der Waals surface area contributed by atoms with Gasteiger partial charge in [0.05, 0.1) is 24.6 Å². The fraction of sp³-hybridized carbons (Fsp3) is 0.769. The molecule has 18 heavy (non-hydrogen) atoms. The van der Waals surface area contributed by atoms with Crippen molar-refractivity contribution < 1.29 is 9.59 Å². The van der Waals surface area contributed by atoms with E-state index in [0.717, 1.165) is 19.3 Å². The molecule has 0 spiro atoms. The van der Waals surface area contributed by atoms with E-state index in [1.165, 1.54) is 0 Å². The molecule has 2 aliphatic rings. The highest BCUT2D eigenvalue weighted by Crippen LogP contribution is 2.33. The molecule has 5 heteroatoms. The summed E-state index contributed by atoms with van der Waals surface area (Å²) in [5.41, 5.74) is 0. The molecule has 1 heterocycles. The van der Waals surface area contributed by atoms with Crippen LogP contribution in [0.4, 0.5) is 0 Å². The van der Waals surface area contributed by atoms with E-state index in [4.69, 9.17) is 0 Å². The van der Waals surface area contributed by atoms with E-state index in [1.54, 1.807) is 6.92 Å². The van der Waals surface area contributed by atoms with Crippen molar-refractivity contribution in [3.05, 3.63) is 0 Å². The van der Waals surface area contributed by atoms with Gasteiger partial charge in [-0.2, -0.15) is 5.26 Å². The van der Waals surface area contributed by atoms with Gasteiger partial charge in [-0.3, -0.25) is 19.8 Å². The summed E-state index contributed by atoms with van der Waals surface area (Å²) in [6.45, 7) is 4.19. The Morgan fingerprint density at radius 2 is 2.06 bits per heavy atom. The van der Waals surface area contributed by atoms with Gasteiger partial charge < -0.3 is 0 Å². The minimum absolute atomic E-state index is 0.0312.